The molecule has 2 aromatic rings. The van der Waals surface area contributed by atoms with Gasteiger partial charge >= 0.3 is 0 Å². The normalized spacial score (nSPS) is 20.5. The molecule has 1 aliphatic heterocycles. The molecule has 1 heterocycles. The van der Waals surface area contributed by atoms with Gasteiger partial charge in [0, 0.05) is 12.2 Å². The third-order valence-electron chi connectivity index (χ3n) is 6.33. The van der Waals surface area contributed by atoms with Gasteiger partial charge in [-0.05, 0) is 69.0 Å². The van der Waals surface area contributed by atoms with Gasteiger partial charge in [0.05, 0.1) is 15.0 Å². The predicted octanol–water partition coefficient (Wildman–Crippen LogP) is 3.50. The molecular formula is C23H28N2O5S2. The Labute approximate surface area is 189 Å². The van der Waals surface area contributed by atoms with E-state index in [-0.39, 0.29) is 21.6 Å². The lowest BCUT2D eigenvalue weighted by atomic mass is 10.2. The van der Waals surface area contributed by atoms with Crippen LogP contribution < -0.4 is 5.32 Å². The minimum absolute atomic E-state index is 0.171. The van der Waals surface area contributed by atoms with Crippen molar-refractivity contribution in [1.29, 1.82) is 0 Å². The van der Waals surface area contributed by atoms with Gasteiger partial charge in [0.25, 0.3) is 0 Å². The molecule has 1 saturated carbocycles. The highest BCUT2D eigenvalue weighted by molar-refractivity contribution is 7.92. The van der Waals surface area contributed by atoms with Crippen molar-refractivity contribution in [2.45, 2.75) is 66.5 Å². The molecule has 2 fully saturated rings. The fourth-order valence-electron chi connectivity index (χ4n) is 4.48. The van der Waals surface area contributed by atoms with Crippen LogP contribution in [-0.2, 0) is 24.7 Å². The van der Waals surface area contributed by atoms with Gasteiger partial charge in [0.15, 0.2) is 9.84 Å². The Balaban J connectivity index is 1.48. The van der Waals surface area contributed by atoms with Gasteiger partial charge in [-0.3, -0.25) is 4.79 Å². The molecule has 7 nitrogen and oxygen atoms in total. The number of carbonyl (C=O) groups is 1. The number of sulfonamides is 1. The Kier molecular flexibility index (Phi) is 6.42. The molecule has 0 bridgehead atoms. The second-order valence-corrected chi connectivity index (χ2v) is 12.7. The lowest BCUT2D eigenvalue weighted by molar-refractivity contribution is -0.119. The van der Waals surface area contributed by atoms with Gasteiger partial charge in [-0.25, -0.2) is 16.8 Å². The van der Waals surface area contributed by atoms with Crippen molar-refractivity contribution in [3.63, 3.8) is 0 Å². The van der Waals surface area contributed by atoms with Crippen LogP contribution in [-0.4, -0.2) is 44.9 Å². The average Bonchev–Trinajstić information content (AvgIpc) is 3.47. The van der Waals surface area contributed by atoms with Crippen LogP contribution in [0.3, 0.4) is 0 Å². The molecule has 1 aliphatic carbocycles. The van der Waals surface area contributed by atoms with E-state index in [9.17, 15) is 21.6 Å². The lowest BCUT2D eigenvalue weighted by Crippen LogP contribution is -2.43. The number of sulfone groups is 1. The molecular weight excluding hydrogens is 448 g/mol. The molecule has 4 rings (SSSR count). The Hall–Kier alpha value is -2.23. The highest BCUT2D eigenvalue weighted by atomic mass is 32.2. The first-order valence-corrected chi connectivity index (χ1v) is 13.9. The van der Waals surface area contributed by atoms with Crippen molar-refractivity contribution >= 4 is 31.5 Å². The molecule has 172 valence electrons. The van der Waals surface area contributed by atoms with Crippen molar-refractivity contribution in [2.24, 2.45) is 0 Å². The maximum absolute atomic E-state index is 13.1. The fraction of sp³-hybridized carbons (Fsp3) is 0.435. The van der Waals surface area contributed by atoms with Crippen LogP contribution in [0.25, 0.3) is 0 Å². The van der Waals surface area contributed by atoms with Gasteiger partial charge in [0.1, 0.15) is 6.04 Å². The number of hydrogen-bond acceptors (Lipinski definition) is 5. The van der Waals surface area contributed by atoms with E-state index in [2.05, 4.69) is 5.32 Å². The molecule has 0 unspecified atom stereocenters. The Morgan fingerprint density at radius 3 is 2.06 bits per heavy atom. The summed E-state index contributed by atoms with van der Waals surface area (Å²) in [4.78, 5) is 13.3. The van der Waals surface area contributed by atoms with E-state index in [1.165, 1.54) is 16.4 Å². The summed E-state index contributed by atoms with van der Waals surface area (Å²) in [7, 11) is -7.15. The summed E-state index contributed by atoms with van der Waals surface area (Å²) in [6.07, 6.45) is 4.28. The first-order chi connectivity index (χ1) is 15.2. The van der Waals surface area contributed by atoms with E-state index in [4.69, 9.17) is 0 Å². The van der Waals surface area contributed by atoms with Gasteiger partial charge in [-0.2, -0.15) is 4.31 Å². The second kappa shape index (κ2) is 8.96. The number of rotatable bonds is 6. The third-order valence-corrected chi connectivity index (χ3v) is 10.5. The van der Waals surface area contributed by atoms with Crippen LogP contribution in [0.1, 0.15) is 44.1 Å². The molecule has 1 saturated heterocycles. The monoisotopic (exact) mass is 476 g/mol. The fourth-order valence-corrected chi connectivity index (χ4v) is 7.99. The highest BCUT2D eigenvalue weighted by Crippen LogP contribution is 2.31. The minimum atomic E-state index is -3.78. The summed E-state index contributed by atoms with van der Waals surface area (Å²) in [6.45, 7) is 2.17. The predicted molar refractivity (Wildman–Crippen MR) is 123 cm³/mol. The number of nitrogens with one attached hydrogen (secondary N) is 1. The Morgan fingerprint density at radius 2 is 1.44 bits per heavy atom. The smallest absolute Gasteiger partial charge is 0.243 e. The van der Waals surface area contributed by atoms with Gasteiger partial charge in [0.2, 0.25) is 15.9 Å². The van der Waals surface area contributed by atoms with Crippen LogP contribution in [0.15, 0.2) is 58.3 Å². The number of aryl methyl sites for hydroxylation is 1. The van der Waals surface area contributed by atoms with Crippen molar-refractivity contribution in [1.82, 2.24) is 4.31 Å². The number of anilines is 1. The number of benzene rings is 2. The van der Waals surface area contributed by atoms with E-state index in [1.54, 1.807) is 36.4 Å². The summed E-state index contributed by atoms with van der Waals surface area (Å²) in [5, 5.41) is 2.42. The van der Waals surface area contributed by atoms with Crippen LogP contribution in [0.2, 0.25) is 0 Å². The van der Waals surface area contributed by atoms with Crippen LogP contribution >= 0.6 is 0 Å². The summed E-state index contributed by atoms with van der Waals surface area (Å²) in [5.74, 6) is -0.412. The molecule has 2 aliphatic rings. The van der Waals surface area contributed by atoms with Crippen molar-refractivity contribution in [3.05, 3.63) is 54.1 Å². The molecule has 9 heteroatoms. The van der Waals surface area contributed by atoms with Crippen molar-refractivity contribution < 1.29 is 21.6 Å². The SMILES string of the molecule is Cc1ccc(S(=O)(=O)N2CCC[C@H]2C(=O)Nc2ccc(S(=O)(=O)C3CCCC3)cc2)cc1. The zero-order valence-electron chi connectivity index (χ0n) is 18.0. The van der Waals surface area contributed by atoms with Crippen LogP contribution in [0.5, 0.6) is 0 Å². The van der Waals surface area contributed by atoms with E-state index < -0.39 is 31.8 Å². The van der Waals surface area contributed by atoms with Gasteiger partial charge in [-0.1, -0.05) is 30.5 Å². The van der Waals surface area contributed by atoms with E-state index in [0.717, 1.165) is 18.4 Å². The first-order valence-electron chi connectivity index (χ1n) is 10.9. The van der Waals surface area contributed by atoms with Gasteiger partial charge in [-0.15, -0.1) is 0 Å². The zero-order valence-corrected chi connectivity index (χ0v) is 19.7. The van der Waals surface area contributed by atoms with Crippen LogP contribution in [0, 0.1) is 6.92 Å². The summed E-state index contributed by atoms with van der Waals surface area (Å²) >= 11 is 0. The molecule has 0 radical (unpaired) electrons. The van der Waals surface area contributed by atoms with E-state index in [0.29, 0.717) is 31.4 Å². The molecule has 2 aromatic carbocycles. The standard InChI is InChI=1S/C23H28N2O5S2/c1-17-8-12-21(13-9-17)32(29,30)25-16-4-7-22(25)23(26)24-18-10-14-20(15-11-18)31(27,28)19-5-2-3-6-19/h8-15,19,22H,2-7,16H2,1H3,(H,24,26)/t22-/m0/s1. The topological polar surface area (TPSA) is 101 Å². The highest BCUT2D eigenvalue weighted by Gasteiger charge is 2.39. The van der Waals surface area contributed by atoms with E-state index >= 15 is 0 Å². The maximum atomic E-state index is 13.1. The minimum Gasteiger partial charge on any atom is -0.325 e. The summed E-state index contributed by atoms with van der Waals surface area (Å²) in [6, 6.07) is 11.9. The Morgan fingerprint density at radius 1 is 0.844 bits per heavy atom. The number of hydrogen-bond donors (Lipinski definition) is 1. The maximum Gasteiger partial charge on any atom is 0.243 e. The molecule has 32 heavy (non-hydrogen) atoms. The largest absolute Gasteiger partial charge is 0.325 e. The van der Waals surface area contributed by atoms with Crippen molar-refractivity contribution in [3.8, 4) is 0 Å². The summed E-state index contributed by atoms with van der Waals surface area (Å²) in [5.41, 5.74) is 1.40. The lowest BCUT2D eigenvalue weighted by Gasteiger charge is -2.23. The molecule has 0 aromatic heterocycles. The van der Waals surface area contributed by atoms with Crippen molar-refractivity contribution in [2.75, 3.05) is 11.9 Å². The number of nitrogens with zero attached hydrogens (tertiary/aromatic N) is 1. The zero-order chi connectivity index (χ0) is 22.9. The van der Waals surface area contributed by atoms with E-state index in [1.807, 2.05) is 6.92 Å². The molecule has 0 spiro atoms. The average molecular weight is 477 g/mol. The molecule has 1 N–H and O–H groups in total. The number of amides is 1. The molecule has 1 amide bonds. The van der Waals surface area contributed by atoms with Gasteiger partial charge < -0.3 is 5.32 Å². The quantitative estimate of drug-likeness (QED) is 0.688. The second-order valence-electron chi connectivity index (χ2n) is 8.55. The molecule has 1 atom stereocenters. The Bertz CT molecular complexity index is 1180. The van der Waals surface area contributed by atoms with Crippen LogP contribution in [0.4, 0.5) is 5.69 Å². The summed E-state index contributed by atoms with van der Waals surface area (Å²) < 4.78 is 52.9. The third kappa shape index (κ3) is 4.46. The number of carbonyl (C=O) groups excluding carboxylic acids is 1. The first kappa shape index (κ1) is 22.9.